The topological polar surface area (TPSA) is 18.5 Å². The summed E-state index contributed by atoms with van der Waals surface area (Å²) in [6.07, 6.45) is 4.28. The highest BCUT2D eigenvalue weighted by Gasteiger charge is 2.21. The lowest BCUT2D eigenvalue weighted by Crippen LogP contribution is -2.45. The Morgan fingerprint density at radius 2 is 1.82 bits per heavy atom. The van der Waals surface area contributed by atoms with E-state index in [1.54, 1.807) is 0 Å². The van der Waals surface area contributed by atoms with E-state index in [2.05, 4.69) is 59.8 Å². The van der Waals surface area contributed by atoms with E-state index in [4.69, 9.17) is 0 Å². The van der Waals surface area contributed by atoms with Crippen molar-refractivity contribution in [2.45, 2.75) is 32.7 Å². The lowest BCUT2D eigenvalue weighted by molar-refractivity contribution is 0.166. The summed E-state index contributed by atoms with van der Waals surface area (Å²) in [4.78, 5) is 5.01. The van der Waals surface area contributed by atoms with Crippen molar-refractivity contribution in [3.63, 3.8) is 0 Å². The van der Waals surface area contributed by atoms with Crippen LogP contribution in [-0.2, 0) is 0 Å². The predicted octanol–water partition coefficient (Wildman–Crippen LogP) is 3.45. The quantitative estimate of drug-likeness (QED) is 0.742. The maximum absolute atomic E-state index is 3.89. The second-order valence-electron chi connectivity index (χ2n) is 5.93. The van der Waals surface area contributed by atoms with Gasteiger partial charge in [0.25, 0.3) is 0 Å². The van der Waals surface area contributed by atoms with Crippen molar-refractivity contribution in [3.05, 3.63) is 42.5 Å². The Morgan fingerprint density at radius 3 is 2.36 bits per heavy atom. The van der Waals surface area contributed by atoms with Gasteiger partial charge in [-0.05, 0) is 44.4 Å². The molecule has 0 unspecified atom stereocenters. The van der Waals surface area contributed by atoms with Gasteiger partial charge in [-0.3, -0.25) is 4.90 Å². The minimum Gasteiger partial charge on any atom is -0.372 e. The fraction of sp³-hybridized carbons (Fsp3) is 0.579. The van der Waals surface area contributed by atoms with Crippen molar-refractivity contribution in [1.29, 1.82) is 0 Å². The molecule has 1 aliphatic heterocycles. The van der Waals surface area contributed by atoms with Gasteiger partial charge in [0.15, 0.2) is 0 Å². The minimum absolute atomic E-state index is 0.519. The van der Waals surface area contributed by atoms with Gasteiger partial charge in [0, 0.05) is 51.0 Å². The van der Waals surface area contributed by atoms with E-state index in [1.165, 1.54) is 11.3 Å². The molecule has 1 aliphatic rings. The zero-order valence-corrected chi connectivity index (χ0v) is 14.2. The van der Waals surface area contributed by atoms with Crippen LogP contribution in [-0.4, -0.2) is 44.2 Å². The highest BCUT2D eigenvalue weighted by atomic mass is 15.2. The molecule has 122 valence electrons. The van der Waals surface area contributed by atoms with Crippen molar-refractivity contribution in [3.8, 4) is 0 Å². The second-order valence-corrected chi connectivity index (χ2v) is 5.93. The molecule has 2 rings (SSSR count). The third kappa shape index (κ3) is 4.34. The first-order valence-electron chi connectivity index (χ1n) is 8.70. The standard InChI is InChI=1S/C19H31N3/c1-4-7-8-19(22-15-13-20-14-16-22)17-9-11-18(12-10-17)21(5-2)6-3/h4,9-12,19-20H,1,5-8,13-16H2,2-3H3/t19-/m1/s1. The molecule has 1 fully saturated rings. The summed E-state index contributed by atoms with van der Waals surface area (Å²) in [7, 11) is 0. The van der Waals surface area contributed by atoms with Crippen LogP contribution in [0.4, 0.5) is 5.69 Å². The Labute approximate surface area is 136 Å². The van der Waals surface area contributed by atoms with Crippen molar-refractivity contribution in [1.82, 2.24) is 10.2 Å². The lowest BCUT2D eigenvalue weighted by atomic mass is 9.99. The molecule has 0 saturated carbocycles. The molecule has 3 heteroatoms. The van der Waals surface area contributed by atoms with Crippen LogP contribution < -0.4 is 10.2 Å². The molecule has 1 saturated heterocycles. The molecule has 1 heterocycles. The summed E-state index contributed by atoms with van der Waals surface area (Å²) in [5.74, 6) is 0. The number of nitrogens with zero attached hydrogens (tertiary/aromatic N) is 2. The fourth-order valence-electron chi connectivity index (χ4n) is 3.33. The molecule has 0 bridgehead atoms. The zero-order valence-electron chi connectivity index (χ0n) is 14.2. The summed E-state index contributed by atoms with van der Waals surface area (Å²) >= 11 is 0. The van der Waals surface area contributed by atoms with Crippen LogP contribution >= 0.6 is 0 Å². The third-order valence-electron chi connectivity index (χ3n) is 4.64. The molecule has 0 amide bonds. The van der Waals surface area contributed by atoms with E-state index in [9.17, 15) is 0 Å². The first-order chi connectivity index (χ1) is 10.8. The summed E-state index contributed by atoms with van der Waals surface area (Å²) in [6.45, 7) is 14.9. The average molecular weight is 301 g/mol. The van der Waals surface area contributed by atoms with Crippen LogP contribution in [0.25, 0.3) is 0 Å². The maximum atomic E-state index is 3.89. The molecule has 22 heavy (non-hydrogen) atoms. The molecule has 3 nitrogen and oxygen atoms in total. The Balaban J connectivity index is 2.13. The van der Waals surface area contributed by atoms with E-state index in [1.807, 2.05) is 6.08 Å². The van der Waals surface area contributed by atoms with Crippen molar-refractivity contribution in [2.24, 2.45) is 0 Å². The van der Waals surface area contributed by atoms with E-state index < -0.39 is 0 Å². The SMILES string of the molecule is C=CCC[C@H](c1ccc(N(CC)CC)cc1)N1CCNCC1. The minimum atomic E-state index is 0.519. The van der Waals surface area contributed by atoms with Crippen LogP contribution in [0.15, 0.2) is 36.9 Å². The monoisotopic (exact) mass is 301 g/mol. The number of rotatable bonds is 8. The van der Waals surface area contributed by atoms with Gasteiger partial charge in [-0.25, -0.2) is 0 Å². The highest BCUT2D eigenvalue weighted by molar-refractivity contribution is 5.47. The summed E-state index contributed by atoms with van der Waals surface area (Å²) < 4.78 is 0. The van der Waals surface area contributed by atoms with E-state index in [0.29, 0.717) is 6.04 Å². The van der Waals surface area contributed by atoms with Gasteiger partial charge in [0.05, 0.1) is 0 Å². The number of piperazine rings is 1. The summed E-state index contributed by atoms with van der Waals surface area (Å²) in [5.41, 5.74) is 2.77. The molecule has 0 radical (unpaired) electrons. The molecular formula is C19H31N3. The molecule has 1 N–H and O–H groups in total. The van der Waals surface area contributed by atoms with Crippen molar-refractivity contribution in [2.75, 3.05) is 44.2 Å². The van der Waals surface area contributed by atoms with E-state index >= 15 is 0 Å². The van der Waals surface area contributed by atoms with Crippen LogP contribution in [0.1, 0.15) is 38.3 Å². The smallest absolute Gasteiger partial charge is 0.0366 e. The molecule has 1 atom stereocenters. The Kier molecular flexibility index (Phi) is 6.94. The average Bonchev–Trinajstić information content (AvgIpc) is 2.58. The molecule has 1 aromatic rings. The maximum Gasteiger partial charge on any atom is 0.0366 e. The molecule has 1 aromatic carbocycles. The number of allylic oxidation sites excluding steroid dienone is 1. The number of hydrogen-bond donors (Lipinski definition) is 1. The van der Waals surface area contributed by atoms with Crippen LogP contribution in [0.5, 0.6) is 0 Å². The summed E-state index contributed by atoms with van der Waals surface area (Å²) in [5, 5.41) is 3.45. The van der Waals surface area contributed by atoms with Gasteiger partial charge in [0.2, 0.25) is 0 Å². The van der Waals surface area contributed by atoms with Crippen LogP contribution in [0.3, 0.4) is 0 Å². The number of nitrogens with one attached hydrogen (secondary N) is 1. The molecule has 0 aromatic heterocycles. The van der Waals surface area contributed by atoms with Crippen molar-refractivity contribution >= 4 is 5.69 Å². The van der Waals surface area contributed by atoms with Gasteiger partial charge in [0.1, 0.15) is 0 Å². The fourth-order valence-corrected chi connectivity index (χ4v) is 3.33. The van der Waals surface area contributed by atoms with Crippen LogP contribution in [0.2, 0.25) is 0 Å². The third-order valence-corrected chi connectivity index (χ3v) is 4.64. The van der Waals surface area contributed by atoms with Gasteiger partial charge in [-0.2, -0.15) is 0 Å². The zero-order chi connectivity index (χ0) is 15.8. The van der Waals surface area contributed by atoms with Gasteiger partial charge in [-0.15, -0.1) is 6.58 Å². The first kappa shape index (κ1) is 17.0. The van der Waals surface area contributed by atoms with Crippen LogP contribution in [0, 0.1) is 0 Å². The first-order valence-corrected chi connectivity index (χ1v) is 8.70. The van der Waals surface area contributed by atoms with E-state index in [0.717, 1.165) is 52.1 Å². The van der Waals surface area contributed by atoms with Gasteiger partial charge in [-0.1, -0.05) is 18.2 Å². The Bertz CT molecular complexity index is 430. The number of anilines is 1. The summed E-state index contributed by atoms with van der Waals surface area (Å²) in [6, 6.07) is 9.73. The Morgan fingerprint density at radius 1 is 1.18 bits per heavy atom. The molecule has 0 spiro atoms. The molecular weight excluding hydrogens is 270 g/mol. The number of benzene rings is 1. The predicted molar refractivity (Wildman–Crippen MR) is 96.6 cm³/mol. The highest BCUT2D eigenvalue weighted by Crippen LogP contribution is 2.28. The normalized spacial score (nSPS) is 17.2. The Hall–Kier alpha value is -1.32. The van der Waals surface area contributed by atoms with Gasteiger partial charge < -0.3 is 10.2 Å². The van der Waals surface area contributed by atoms with Gasteiger partial charge >= 0.3 is 0 Å². The lowest BCUT2D eigenvalue weighted by Gasteiger charge is -2.35. The molecule has 0 aliphatic carbocycles. The largest absolute Gasteiger partial charge is 0.372 e. The number of hydrogen-bond acceptors (Lipinski definition) is 3. The van der Waals surface area contributed by atoms with Crippen molar-refractivity contribution < 1.29 is 0 Å². The second kappa shape index (κ2) is 8.96. The van der Waals surface area contributed by atoms with E-state index in [-0.39, 0.29) is 0 Å².